The molecule has 4 unspecified atom stereocenters. The molecule has 1 saturated carbocycles. The zero-order chi connectivity index (χ0) is 32.7. The van der Waals surface area contributed by atoms with Crippen LogP contribution in [0.25, 0.3) is 0 Å². The van der Waals surface area contributed by atoms with E-state index in [4.69, 9.17) is 10.5 Å². The monoisotopic (exact) mass is 643 g/mol. The van der Waals surface area contributed by atoms with Gasteiger partial charge in [-0.15, -0.1) is 0 Å². The van der Waals surface area contributed by atoms with Crippen molar-refractivity contribution in [3.05, 3.63) is 58.9 Å². The van der Waals surface area contributed by atoms with Crippen molar-refractivity contribution in [2.24, 2.45) is 11.7 Å². The first kappa shape index (κ1) is 34.5. The van der Waals surface area contributed by atoms with Crippen LogP contribution in [0.3, 0.4) is 0 Å². The zero-order valence-corrected chi connectivity index (χ0v) is 27.0. The lowest BCUT2D eigenvalue weighted by atomic mass is 9.99. The van der Waals surface area contributed by atoms with Crippen molar-refractivity contribution in [1.29, 1.82) is 0 Å². The van der Waals surface area contributed by atoms with Crippen molar-refractivity contribution in [2.45, 2.75) is 94.8 Å². The molecule has 2 fully saturated rings. The summed E-state index contributed by atoms with van der Waals surface area (Å²) in [5, 5.41) is 12.1. The van der Waals surface area contributed by atoms with Crippen LogP contribution in [0.1, 0.15) is 73.4 Å². The van der Waals surface area contributed by atoms with E-state index in [0.717, 1.165) is 24.8 Å². The third kappa shape index (κ3) is 9.09. The molecule has 5 N–H and O–H groups in total. The number of carbonyl (C=O) groups excluding carboxylic acids is 2. The summed E-state index contributed by atoms with van der Waals surface area (Å²) in [4.78, 5) is 44.1. The maximum Gasteiger partial charge on any atom is 0.323 e. The average molecular weight is 644 g/mol. The highest BCUT2D eigenvalue weighted by molar-refractivity contribution is 7.89. The smallest absolute Gasteiger partial charge is 0.323 e. The van der Waals surface area contributed by atoms with Crippen molar-refractivity contribution in [2.75, 3.05) is 19.7 Å². The molecule has 13 heteroatoms. The molecule has 45 heavy (non-hydrogen) atoms. The molecule has 4 rings (SSSR count). The molecular formula is C32H45N5O7S. The van der Waals surface area contributed by atoms with Crippen LogP contribution in [0.5, 0.6) is 0 Å². The van der Waals surface area contributed by atoms with Gasteiger partial charge in [0.05, 0.1) is 28.8 Å². The molecule has 12 nitrogen and oxygen atoms in total. The Balaban J connectivity index is 1.34. The van der Waals surface area contributed by atoms with Gasteiger partial charge < -0.3 is 25.8 Å². The molecule has 1 saturated heterocycles. The number of carbonyl (C=O) groups is 3. The van der Waals surface area contributed by atoms with E-state index in [1.54, 1.807) is 43.1 Å². The molecule has 1 aromatic heterocycles. The topological polar surface area (TPSA) is 181 Å². The Morgan fingerprint density at radius 1 is 1.13 bits per heavy atom. The Labute approximate surface area is 265 Å². The van der Waals surface area contributed by atoms with Gasteiger partial charge in [0.1, 0.15) is 12.6 Å². The number of amides is 2. The van der Waals surface area contributed by atoms with Crippen molar-refractivity contribution >= 4 is 27.8 Å². The largest absolute Gasteiger partial charge is 0.480 e. The summed E-state index contributed by atoms with van der Waals surface area (Å²) in [7, 11) is -4.19. The number of hydrogen-bond acceptors (Lipinski definition) is 8. The number of benzene rings is 1. The predicted octanol–water partition coefficient (Wildman–Crippen LogP) is 2.51. The minimum atomic E-state index is -4.19. The average Bonchev–Trinajstić information content (AvgIpc) is 3.66. The van der Waals surface area contributed by atoms with Crippen LogP contribution >= 0.6 is 0 Å². The summed E-state index contributed by atoms with van der Waals surface area (Å²) in [6.07, 6.45) is 7.59. The third-order valence-electron chi connectivity index (χ3n) is 8.73. The Hall–Kier alpha value is -3.39. The fourth-order valence-electron chi connectivity index (χ4n) is 6.59. The molecule has 2 aromatic rings. The Morgan fingerprint density at radius 3 is 2.44 bits per heavy atom. The molecule has 2 heterocycles. The number of rotatable bonds is 14. The highest BCUT2D eigenvalue weighted by Gasteiger charge is 2.40. The predicted molar refractivity (Wildman–Crippen MR) is 168 cm³/mol. The molecule has 246 valence electrons. The second kappa shape index (κ2) is 15.3. The maximum absolute atomic E-state index is 13.4. The van der Waals surface area contributed by atoms with E-state index in [0.29, 0.717) is 35.6 Å². The number of aromatic nitrogens is 1. The summed E-state index contributed by atoms with van der Waals surface area (Å²) in [6, 6.07) is 6.38. The Kier molecular flexibility index (Phi) is 11.7. The van der Waals surface area contributed by atoms with Crippen molar-refractivity contribution in [3.63, 3.8) is 0 Å². The molecule has 2 amide bonds. The van der Waals surface area contributed by atoms with Crippen LogP contribution in [0.2, 0.25) is 0 Å². The molecule has 1 aromatic carbocycles. The first-order valence-corrected chi connectivity index (χ1v) is 17.0. The number of aryl methyl sites for hydroxylation is 3. The number of hydrogen-bond donors (Lipinski definition) is 4. The van der Waals surface area contributed by atoms with Gasteiger partial charge in [-0.1, -0.05) is 49.4 Å². The quantitative estimate of drug-likeness (QED) is 0.241. The van der Waals surface area contributed by atoms with E-state index in [-0.39, 0.29) is 23.4 Å². The van der Waals surface area contributed by atoms with Gasteiger partial charge in [-0.2, -0.15) is 4.72 Å². The number of carboxylic acids is 1. The van der Waals surface area contributed by atoms with Gasteiger partial charge in [-0.25, -0.2) is 8.42 Å². The van der Waals surface area contributed by atoms with Crippen LogP contribution < -0.4 is 15.8 Å². The molecule has 0 spiro atoms. The lowest BCUT2D eigenvalue weighted by molar-refractivity contribution is -0.139. The van der Waals surface area contributed by atoms with Crippen LogP contribution in [-0.2, 0) is 29.1 Å². The lowest BCUT2D eigenvalue weighted by Crippen LogP contribution is -2.49. The Morgan fingerprint density at radius 2 is 1.82 bits per heavy atom. The number of nitrogens with zero attached hydrogens (tertiary/aromatic N) is 2. The fraction of sp³-hybridized carbons (Fsp3) is 0.562. The third-order valence-corrected chi connectivity index (χ3v) is 10.5. The molecule has 4 atom stereocenters. The zero-order valence-electron chi connectivity index (χ0n) is 26.2. The number of nitrogens with one attached hydrogen (secondary N) is 2. The summed E-state index contributed by atoms with van der Waals surface area (Å²) in [6.45, 7) is 4.53. The van der Waals surface area contributed by atoms with Gasteiger partial charge in [0.2, 0.25) is 21.8 Å². The standard InChI is InChI=1S/C32H45N5O7S/c1-20-14-21(2)31(22(3)15-20)45(42,43)36-26(32(40)41)17-35-28(38)19-44-24-16-27(30(33)25-10-6-7-13-34-25)37(18-24)29(39)12-11-23-8-4-5-9-23/h6-7,10,13-15,23-24,26-27,30,36H,4-5,8-9,11-12,16-19,33H2,1-3H3,(H,35,38)(H,40,41). The lowest BCUT2D eigenvalue weighted by Gasteiger charge is -2.29. The molecule has 1 aliphatic heterocycles. The molecular weight excluding hydrogens is 598 g/mol. The number of ether oxygens (including phenoxy) is 1. The molecule has 0 bridgehead atoms. The van der Waals surface area contributed by atoms with Crippen molar-refractivity contribution < 1.29 is 32.6 Å². The van der Waals surface area contributed by atoms with Crippen molar-refractivity contribution in [3.8, 4) is 0 Å². The highest BCUT2D eigenvalue weighted by Crippen LogP contribution is 2.32. The van der Waals surface area contributed by atoms with E-state index in [2.05, 4.69) is 15.0 Å². The van der Waals surface area contributed by atoms with E-state index < -0.39 is 53.2 Å². The van der Waals surface area contributed by atoms with Crippen LogP contribution in [0.4, 0.5) is 0 Å². The molecule has 2 aliphatic rings. The summed E-state index contributed by atoms with van der Waals surface area (Å²) in [5.41, 5.74) is 9.12. The van der Waals surface area contributed by atoms with Crippen LogP contribution in [0, 0.1) is 26.7 Å². The van der Waals surface area contributed by atoms with Crippen LogP contribution in [-0.4, -0.2) is 79.1 Å². The SMILES string of the molecule is Cc1cc(C)c(S(=O)(=O)NC(CNC(=O)COC2CC(C(N)c3ccccn3)N(C(=O)CCC3CCCC3)C2)C(=O)O)c(C)c1. The first-order valence-electron chi connectivity index (χ1n) is 15.5. The number of carboxylic acid groups (broad SMARTS) is 1. The second-order valence-corrected chi connectivity index (χ2v) is 13.9. The number of pyridine rings is 1. The van der Waals surface area contributed by atoms with Gasteiger partial charge in [-0.3, -0.25) is 19.4 Å². The van der Waals surface area contributed by atoms with Crippen LogP contribution in [0.15, 0.2) is 41.4 Å². The number of sulfonamides is 1. The number of likely N-dealkylation sites (tertiary alicyclic amines) is 1. The van der Waals surface area contributed by atoms with E-state index in [9.17, 15) is 27.9 Å². The highest BCUT2D eigenvalue weighted by atomic mass is 32.2. The second-order valence-electron chi connectivity index (χ2n) is 12.3. The van der Waals surface area contributed by atoms with Crippen molar-refractivity contribution in [1.82, 2.24) is 19.9 Å². The van der Waals surface area contributed by atoms with Gasteiger partial charge in [-0.05, 0) is 62.8 Å². The fourth-order valence-corrected chi connectivity index (χ4v) is 8.23. The van der Waals surface area contributed by atoms with E-state index in [1.807, 2.05) is 19.1 Å². The summed E-state index contributed by atoms with van der Waals surface area (Å²) >= 11 is 0. The van der Waals surface area contributed by atoms with Gasteiger partial charge >= 0.3 is 5.97 Å². The minimum Gasteiger partial charge on any atom is -0.480 e. The molecule has 0 radical (unpaired) electrons. The number of aliphatic carboxylic acids is 1. The Bertz CT molecular complexity index is 1440. The van der Waals surface area contributed by atoms with E-state index in [1.165, 1.54) is 12.8 Å². The van der Waals surface area contributed by atoms with Gasteiger partial charge in [0, 0.05) is 25.7 Å². The summed E-state index contributed by atoms with van der Waals surface area (Å²) < 4.78 is 34.2. The van der Waals surface area contributed by atoms with Gasteiger partial charge in [0.25, 0.3) is 0 Å². The van der Waals surface area contributed by atoms with Gasteiger partial charge in [0.15, 0.2) is 0 Å². The van der Waals surface area contributed by atoms with E-state index >= 15 is 0 Å². The minimum absolute atomic E-state index is 0.00414. The first-order chi connectivity index (χ1) is 21.4. The normalized spacial score (nSPS) is 20.2. The number of nitrogens with two attached hydrogens (primary N) is 1. The summed E-state index contributed by atoms with van der Waals surface area (Å²) in [5.74, 6) is -1.47. The maximum atomic E-state index is 13.4. The molecule has 1 aliphatic carbocycles.